The van der Waals surface area contributed by atoms with Crippen LogP contribution < -0.4 is 10.1 Å². The molecule has 8 nitrogen and oxygen atoms in total. The Hall–Kier alpha value is -2.32. The maximum absolute atomic E-state index is 12.8. The van der Waals surface area contributed by atoms with E-state index >= 15 is 0 Å². The van der Waals surface area contributed by atoms with Gasteiger partial charge in [0.2, 0.25) is 11.9 Å². The Balaban J connectivity index is 1.46. The normalized spacial score (nSPS) is 20.9. The van der Waals surface area contributed by atoms with Gasteiger partial charge in [0.05, 0.1) is 23.9 Å². The number of fused-ring (bicyclic) bond motifs is 2. The average molecular weight is 435 g/mol. The number of hydrogen-bond donors (Lipinski definition) is 2. The Morgan fingerprint density at radius 3 is 2.87 bits per heavy atom. The van der Waals surface area contributed by atoms with Crippen molar-refractivity contribution in [1.82, 2.24) is 15.1 Å². The van der Waals surface area contributed by atoms with Gasteiger partial charge in [0.25, 0.3) is 5.91 Å². The smallest absolute Gasteiger partial charge is 0.260 e. The van der Waals surface area contributed by atoms with Crippen molar-refractivity contribution in [3.8, 4) is 5.75 Å². The van der Waals surface area contributed by atoms with Gasteiger partial charge in [-0.3, -0.25) is 14.9 Å². The molecule has 0 radical (unpaired) electrons. The number of halogens is 1. The van der Waals surface area contributed by atoms with Crippen LogP contribution in [0.1, 0.15) is 44.6 Å². The highest BCUT2D eigenvalue weighted by Crippen LogP contribution is 2.39. The van der Waals surface area contributed by atoms with E-state index < -0.39 is 0 Å². The summed E-state index contributed by atoms with van der Waals surface area (Å²) in [6.45, 7) is 2.37. The Morgan fingerprint density at radius 1 is 1.37 bits per heavy atom. The van der Waals surface area contributed by atoms with Gasteiger partial charge in [-0.25, -0.2) is 4.99 Å². The average Bonchev–Trinajstić information content (AvgIpc) is 3.03. The second-order valence-corrected chi connectivity index (χ2v) is 8.37. The van der Waals surface area contributed by atoms with E-state index in [0.29, 0.717) is 35.5 Å². The van der Waals surface area contributed by atoms with E-state index in [1.54, 1.807) is 17.0 Å². The second kappa shape index (κ2) is 8.81. The molecule has 2 fully saturated rings. The molecule has 0 aromatic heterocycles. The highest BCUT2D eigenvalue weighted by Gasteiger charge is 2.37. The van der Waals surface area contributed by atoms with E-state index in [0.717, 1.165) is 31.2 Å². The number of carbonyl (C=O) groups excluding carboxylic acids is 2. The Labute approximate surface area is 180 Å². The van der Waals surface area contributed by atoms with Crippen LogP contribution in [0.3, 0.4) is 0 Å². The van der Waals surface area contributed by atoms with Crippen LogP contribution in [0.5, 0.6) is 5.75 Å². The predicted molar refractivity (Wildman–Crippen MR) is 113 cm³/mol. The molecule has 1 unspecified atom stereocenters. The molecular formula is C21H27ClN4O4. The number of aliphatic hydroxyl groups is 1. The van der Waals surface area contributed by atoms with E-state index in [9.17, 15) is 14.7 Å². The fourth-order valence-corrected chi connectivity index (χ4v) is 4.66. The number of rotatable bonds is 6. The van der Waals surface area contributed by atoms with E-state index in [2.05, 4.69) is 10.3 Å². The number of hydrogen-bond acceptors (Lipinski definition) is 6. The summed E-state index contributed by atoms with van der Waals surface area (Å²) in [5.74, 6) is 0.715. The van der Waals surface area contributed by atoms with Gasteiger partial charge in [0.15, 0.2) is 6.61 Å². The van der Waals surface area contributed by atoms with Crippen molar-refractivity contribution in [2.24, 2.45) is 4.99 Å². The number of ether oxygens (including phenoxy) is 1. The van der Waals surface area contributed by atoms with Crippen LogP contribution in [0.2, 0.25) is 5.02 Å². The molecule has 0 bridgehead atoms. The number of nitrogens with zero attached hydrogens (tertiary/aromatic N) is 3. The van der Waals surface area contributed by atoms with Crippen LogP contribution in [0.4, 0.5) is 5.69 Å². The first kappa shape index (κ1) is 20.9. The van der Waals surface area contributed by atoms with E-state index in [1.807, 2.05) is 11.8 Å². The van der Waals surface area contributed by atoms with Crippen LogP contribution in [-0.4, -0.2) is 64.5 Å². The van der Waals surface area contributed by atoms with Crippen molar-refractivity contribution in [2.75, 3.05) is 19.8 Å². The lowest BCUT2D eigenvalue weighted by molar-refractivity contribution is -0.137. The molecule has 1 saturated carbocycles. The molecule has 1 atom stereocenters. The fraction of sp³-hybridized carbons (Fsp3) is 0.571. The molecule has 30 heavy (non-hydrogen) atoms. The monoisotopic (exact) mass is 434 g/mol. The van der Waals surface area contributed by atoms with E-state index in [-0.39, 0.29) is 37.1 Å². The highest BCUT2D eigenvalue weighted by molar-refractivity contribution is 6.33. The van der Waals surface area contributed by atoms with E-state index in [1.165, 1.54) is 6.42 Å². The molecule has 1 aliphatic carbocycles. The lowest BCUT2D eigenvalue weighted by atomic mass is 9.94. The molecule has 1 aromatic rings. The third-order valence-electron chi connectivity index (χ3n) is 6.12. The fourth-order valence-electron chi connectivity index (χ4n) is 4.39. The SMILES string of the molecule is CC1C(=O)NC2=Nc3ccc(OCC(=O)N(CCO)C4CCCCC4)c(Cl)c3CN21. The lowest BCUT2D eigenvalue weighted by Gasteiger charge is -2.34. The molecule has 1 saturated heterocycles. The van der Waals surface area contributed by atoms with Crippen molar-refractivity contribution in [2.45, 2.75) is 57.7 Å². The highest BCUT2D eigenvalue weighted by atomic mass is 35.5. The predicted octanol–water partition coefficient (Wildman–Crippen LogP) is 2.19. The quantitative estimate of drug-likeness (QED) is 0.715. The molecule has 3 aliphatic rings. The standard InChI is InChI=1S/C21H27ClN4O4/c1-13-20(29)24-21-23-16-7-8-17(19(22)15(16)11-26(13)21)30-12-18(28)25(9-10-27)14-5-3-2-4-6-14/h7-8,13-14,27H,2-6,9-12H2,1H3,(H,23,24,29). The van der Waals surface area contributed by atoms with Gasteiger partial charge in [-0.1, -0.05) is 30.9 Å². The molecule has 2 heterocycles. The maximum Gasteiger partial charge on any atom is 0.260 e. The number of guanidine groups is 1. The largest absolute Gasteiger partial charge is 0.482 e. The first-order chi connectivity index (χ1) is 14.5. The minimum atomic E-state index is -0.318. The number of aliphatic imine (C=N–C) groups is 1. The number of aliphatic hydroxyl groups excluding tert-OH is 1. The zero-order chi connectivity index (χ0) is 21.3. The minimum absolute atomic E-state index is 0.0665. The van der Waals surface area contributed by atoms with Gasteiger partial charge in [-0.2, -0.15) is 0 Å². The number of amides is 2. The Kier molecular flexibility index (Phi) is 6.15. The van der Waals surface area contributed by atoms with E-state index in [4.69, 9.17) is 16.3 Å². The number of carbonyl (C=O) groups is 2. The summed E-state index contributed by atoms with van der Waals surface area (Å²) in [7, 11) is 0. The minimum Gasteiger partial charge on any atom is -0.482 e. The lowest BCUT2D eigenvalue weighted by Crippen LogP contribution is -2.45. The van der Waals surface area contributed by atoms with Crippen molar-refractivity contribution in [3.63, 3.8) is 0 Å². The van der Waals surface area contributed by atoms with Crippen molar-refractivity contribution >= 4 is 35.1 Å². The van der Waals surface area contributed by atoms with Gasteiger partial charge in [0, 0.05) is 18.2 Å². The van der Waals surface area contributed by atoms with Crippen molar-refractivity contribution in [1.29, 1.82) is 0 Å². The zero-order valence-corrected chi connectivity index (χ0v) is 17.8. The van der Waals surface area contributed by atoms with Gasteiger partial charge >= 0.3 is 0 Å². The molecule has 2 amide bonds. The van der Waals surface area contributed by atoms with Crippen LogP contribution in [0, 0.1) is 0 Å². The maximum atomic E-state index is 12.8. The van der Waals surface area contributed by atoms with Crippen LogP contribution in [0.25, 0.3) is 0 Å². The molecular weight excluding hydrogens is 408 g/mol. The van der Waals surface area contributed by atoms with Crippen molar-refractivity contribution < 1.29 is 19.4 Å². The molecule has 2 N–H and O–H groups in total. The molecule has 162 valence electrons. The Morgan fingerprint density at radius 2 is 2.13 bits per heavy atom. The third-order valence-corrected chi connectivity index (χ3v) is 6.53. The molecule has 0 spiro atoms. The molecule has 4 rings (SSSR count). The van der Waals surface area contributed by atoms with Crippen LogP contribution >= 0.6 is 11.6 Å². The molecule has 2 aliphatic heterocycles. The Bertz CT molecular complexity index is 869. The zero-order valence-electron chi connectivity index (χ0n) is 17.1. The topological polar surface area (TPSA) is 94.5 Å². The van der Waals surface area contributed by atoms with Crippen LogP contribution in [-0.2, 0) is 16.1 Å². The summed E-state index contributed by atoms with van der Waals surface area (Å²) in [5.41, 5.74) is 1.46. The third kappa shape index (κ3) is 3.98. The summed E-state index contributed by atoms with van der Waals surface area (Å²) < 4.78 is 5.79. The summed E-state index contributed by atoms with van der Waals surface area (Å²) in [6, 6.07) is 3.33. The van der Waals surface area contributed by atoms with Crippen molar-refractivity contribution in [3.05, 3.63) is 22.7 Å². The summed E-state index contributed by atoms with van der Waals surface area (Å²) in [4.78, 5) is 32.8. The first-order valence-corrected chi connectivity index (χ1v) is 10.9. The summed E-state index contributed by atoms with van der Waals surface area (Å²) >= 11 is 6.58. The van der Waals surface area contributed by atoms with Gasteiger partial charge in [0.1, 0.15) is 11.8 Å². The summed E-state index contributed by atoms with van der Waals surface area (Å²) in [6.07, 6.45) is 5.33. The van der Waals surface area contributed by atoms with Gasteiger partial charge < -0.3 is 19.6 Å². The summed E-state index contributed by atoms with van der Waals surface area (Å²) in [5, 5.41) is 12.6. The van der Waals surface area contributed by atoms with Crippen LogP contribution in [0.15, 0.2) is 17.1 Å². The number of benzene rings is 1. The first-order valence-electron chi connectivity index (χ1n) is 10.5. The second-order valence-electron chi connectivity index (χ2n) is 8.00. The van der Waals surface area contributed by atoms with Gasteiger partial charge in [-0.15, -0.1) is 0 Å². The van der Waals surface area contributed by atoms with Gasteiger partial charge in [-0.05, 0) is 31.9 Å². The number of nitrogens with one attached hydrogen (secondary N) is 1. The molecule has 1 aromatic carbocycles. The molecule has 9 heteroatoms.